The van der Waals surface area contributed by atoms with Crippen LogP contribution < -0.4 is 9.62 Å². The van der Waals surface area contributed by atoms with Crippen molar-refractivity contribution in [2.75, 3.05) is 23.7 Å². The molecule has 0 heterocycles. The third-order valence-electron chi connectivity index (χ3n) is 5.98. The molecule has 0 bridgehead atoms. The van der Waals surface area contributed by atoms with Gasteiger partial charge in [0.2, 0.25) is 21.8 Å². The number of amides is 2. The summed E-state index contributed by atoms with van der Waals surface area (Å²) in [6, 6.07) is 20.9. The summed E-state index contributed by atoms with van der Waals surface area (Å²) >= 11 is 9.64. The van der Waals surface area contributed by atoms with E-state index in [0.29, 0.717) is 22.8 Å². The summed E-state index contributed by atoms with van der Waals surface area (Å²) in [4.78, 5) is 28.8. The quantitative estimate of drug-likeness (QED) is 0.329. The molecule has 0 unspecified atom stereocenters. The molecule has 0 saturated heterocycles. The Hall–Kier alpha value is -2.88. The molecule has 3 aromatic rings. The molecule has 0 aliphatic carbocycles. The van der Waals surface area contributed by atoms with Gasteiger partial charge in [-0.05, 0) is 54.8 Å². The normalized spacial score (nSPS) is 12.0. The van der Waals surface area contributed by atoms with Gasteiger partial charge < -0.3 is 10.2 Å². The summed E-state index contributed by atoms with van der Waals surface area (Å²) in [6.07, 6.45) is 1.31. The number of nitrogens with zero attached hydrogens (tertiary/aromatic N) is 2. The highest BCUT2D eigenvalue weighted by molar-refractivity contribution is 9.10. The van der Waals surface area contributed by atoms with Gasteiger partial charge in [-0.15, -0.1) is 0 Å². The Bertz CT molecular complexity index is 1390. The Labute approximate surface area is 238 Å². The van der Waals surface area contributed by atoms with Crippen LogP contribution in [0.4, 0.5) is 5.69 Å². The maximum atomic E-state index is 14.0. The largest absolute Gasteiger partial charge is 0.355 e. The van der Waals surface area contributed by atoms with E-state index in [1.807, 2.05) is 61.5 Å². The molecule has 3 aromatic carbocycles. The summed E-state index contributed by atoms with van der Waals surface area (Å²) in [7, 11) is -3.86. The van der Waals surface area contributed by atoms with Gasteiger partial charge in [0.15, 0.2) is 0 Å². The van der Waals surface area contributed by atoms with E-state index in [2.05, 4.69) is 21.2 Å². The molecule has 1 N–H and O–H groups in total. The minimum Gasteiger partial charge on any atom is -0.355 e. The molecule has 10 heteroatoms. The molecule has 0 aliphatic heterocycles. The fourth-order valence-corrected chi connectivity index (χ4v) is 5.64. The van der Waals surface area contributed by atoms with Crippen LogP contribution in [0.25, 0.3) is 0 Å². The molecule has 3 rings (SSSR count). The number of halogens is 2. The molecule has 0 saturated carbocycles. The Morgan fingerprint density at radius 1 is 1.00 bits per heavy atom. The number of rotatable bonds is 11. The Morgan fingerprint density at radius 3 is 2.32 bits per heavy atom. The van der Waals surface area contributed by atoms with Gasteiger partial charge in [0.05, 0.1) is 11.9 Å². The molecular formula is C28H31BrClN3O4S. The number of nitrogens with one attached hydrogen (secondary N) is 1. The van der Waals surface area contributed by atoms with E-state index in [1.165, 1.54) is 11.0 Å². The van der Waals surface area contributed by atoms with Crippen molar-refractivity contribution in [3.63, 3.8) is 0 Å². The van der Waals surface area contributed by atoms with Crippen molar-refractivity contribution >= 4 is 55.1 Å². The third-order valence-corrected chi connectivity index (χ3v) is 7.84. The second kappa shape index (κ2) is 13.3. The summed E-state index contributed by atoms with van der Waals surface area (Å²) in [5.74, 6) is -0.827. The number of aryl methyl sites for hydroxylation is 1. The fraction of sp³-hybridized carbons (Fsp3) is 0.286. The van der Waals surface area contributed by atoms with Crippen LogP contribution in [0.2, 0.25) is 5.02 Å². The minimum absolute atomic E-state index is 0.110. The van der Waals surface area contributed by atoms with Crippen LogP contribution in [-0.2, 0) is 32.6 Å². The van der Waals surface area contributed by atoms with Crippen LogP contribution in [0.15, 0.2) is 77.3 Å². The van der Waals surface area contributed by atoms with Gasteiger partial charge in [-0.3, -0.25) is 13.9 Å². The zero-order chi connectivity index (χ0) is 27.9. The van der Waals surface area contributed by atoms with Crippen molar-refractivity contribution in [2.24, 2.45) is 0 Å². The first-order chi connectivity index (χ1) is 18.0. The zero-order valence-electron chi connectivity index (χ0n) is 21.5. The molecule has 0 radical (unpaired) electrons. The molecule has 38 heavy (non-hydrogen) atoms. The zero-order valence-corrected chi connectivity index (χ0v) is 24.7. The Morgan fingerprint density at radius 2 is 1.68 bits per heavy atom. The number of benzene rings is 3. The van der Waals surface area contributed by atoms with Crippen LogP contribution in [-0.4, -0.2) is 50.5 Å². The van der Waals surface area contributed by atoms with Crippen molar-refractivity contribution in [3.8, 4) is 0 Å². The maximum Gasteiger partial charge on any atom is 0.244 e. The van der Waals surface area contributed by atoms with Gasteiger partial charge in [-0.1, -0.05) is 76.1 Å². The summed E-state index contributed by atoms with van der Waals surface area (Å²) in [5.41, 5.74) is 2.63. The molecule has 7 nitrogen and oxygen atoms in total. The van der Waals surface area contributed by atoms with Gasteiger partial charge in [0.1, 0.15) is 12.6 Å². The van der Waals surface area contributed by atoms with Crippen molar-refractivity contribution < 1.29 is 18.0 Å². The number of likely N-dealkylation sites (N-methyl/N-ethyl adjacent to an activating group) is 1. The van der Waals surface area contributed by atoms with E-state index >= 15 is 0 Å². The van der Waals surface area contributed by atoms with Crippen molar-refractivity contribution in [1.82, 2.24) is 10.2 Å². The van der Waals surface area contributed by atoms with E-state index in [1.54, 1.807) is 19.1 Å². The first-order valence-corrected chi connectivity index (χ1v) is 15.1. The second-order valence-electron chi connectivity index (χ2n) is 8.95. The number of carbonyl (C=O) groups excluding carboxylic acids is 2. The van der Waals surface area contributed by atoms with Gasteiger partial charge in [0.25, 0.3) is 0 Å². The van der Waals surface area contributed by atoms with Crippen LogP contribution in [0.1, 0.15) is 23.6 Å². The topological polar surface area (TPSA) is 86.8 Å². The smallest absolute Gasteiger partial charge is 0.244 e. The van der Waals surface area contributed by atoms with E-state index in [4.69, 9.17) is 11.6 Å². The van der Waals surface area contributed by atoms with Crippen molar-refractivity contribution in [1.29, 1.82) is 0 Å². The van der Waals surface area contributed by atoms with Crippen LogP contribution >= 0.6 is 27.5 Å². The lowest BCUT2D eigenvalue weighted by Gasteiger charge is -2.33. The Kier molecular flexibility index (Phi) is 10.4. The molecular weight excluding hydrogens is 590 g/mol. The standard InChI is InChI=1S/C28H31BrClN3O4S/c1-4-31-28(35)26(16-21-9-6-5-7-10-21)32(18-22-11-8-12-23(29)15-22)27(34)19-33(38(3,36)37)25-17-24(30)14-13-20(25)2/h5-15,17,26H,4,16,18-19H2,1-3H3,(H,31,35)/t26-/m1/s1. The number of hydrogen-bond donors (Lipinski definition) is 1. The van der Waals surface area contributed by atoms with Gasteiger partial charge >= 0.3 is 0 Å². The second-order valence-corrected chi connectivity index (χ2v) is 12.2. The highest BCUT2D eigenvalue weighted by Crippen LogP contribution is 2.27. The highest BCUT2D eigenvalue weighted by Gasteiger charge is 2.33. The molecule has 0 fully saturated rings. The average molecular weight is 621 g/mol. The minimum atomic E-state index is -3.86. The Balaban J connectivity index is 2.07. The summed E-state index contributed by atoms with van der Waals surface area (Å²) < 4.78 is 27.6. The predicted molar refractivity (Wildman–Crippen MR) is 156 cm³/mol. The third kappa shape index (κ3) is 8.06. The number of sulfonamides is 1. The SMILES string of the molecule is CCNC(=O)[C@@H](Cc1ccccc1)N(Cc1cccc(Br)c1)C(=O)CN(c1cc(Cl)ccc1C)S(C)(=O)=O. The molecule has 2 amide bonds. The van der Waals surface area contributed by atoms with Crippen molar-refractivity contribution in [2.45, 2.75) is 32.9 Å². The summed E-state index contributed by atoms with van der Waals surface area (Å²) in [5, 5.41) is 3.19. The number of anilines is 1. The molecule has 0 spiro atoms. The lowest BCUT2D eigenvalue weighted by Crippen LogP contribution is -2.53. The van der Waals surface area contributed by atoms with Crippen LogP contribution in [0, 0.1) is 6.92 Å². The predicted octanol–water partition coefficient (Wildman–Crippen LogP) is 4.95. The van der Waals surface area contributed by atoms with Gasteiger partial charge in [-0.25, -0.2) is 8.42 Å². The van der Waals surface area contributed by atoms with E-state index in [9.17, 15) is 18.0 Å². The molecule has 0 aliphatic rings. The first kappa shape index (κ1) is 29.7. The average Bonchev–Trinajstić information content (AvgIpc) is 2.86. The molecule has 0 aromatic heterocycles. The fourth-order valence-electron chi connectivity index (χ4n) is 4.12. The molecule has 202 valence electrons. The number of carbonyl (C=O) groups is 2. The lowest BCUT2D eigenvalue weighted by molar-refractivity contribution is -0.140. The van der Waals surface area contributed by atoms with Crippen molar-refractivity contribution in [3.05, 3.63) is 99.0 Å². The van der Waals surface area contributed by atoms with Gasteiger partial charge in [0, 0.05) is 29.0 Å². The monoisotopic (exact) mass is 619 g/mol. The lowest BCUT2D eigenvalue weighted by atomic mass is 10.0. The van der Waals surface area contributed by atoms with Gasteiger partial charge in [-0.2, -0.15) is 0 Å². The van der Waals surface area contributed by atoms with E-state index in [-0.39, 0.29) is 18.9 Å². The van der Waals surface area contributed by atoms with Crippen LogP contribution in [0.3, 0.4) is 0 Å². The van der Waals surface area contributed by atoms with E-state index in [0.717, 1.165) is 26.2 Å². The molecule has 1 atom stereocenters. The summed E-state index contributed by atoms with van der Waals surface area (Å²) in [6.45, 7) is 3.57. The first-order valence-electron chi connectivity index (χ1n) is 12.1. The van der Waals surface area contributed by atoms with Crippen LogP contribution in [0.5, 0.6) is 0 Å². The highest BCUT2D eigenvalue weighted by atomic mass is 79.9. The number of hydrogen-bond acceptors (Lipinski definition) is 4. The van der Waals surface area contributed by atoms with E-state index < -0.39 is 28.5 Å². The maximum absolute atomic E-state index is 14.0.